The van der Waals surface area contributed by atoms with Gasteiger partial charge in [0.25, 0.3) is 0 Å². The van der Waals surface area contributed by atoms with Gasteiger partial charge in [0.2, 0.25) is 5.91 Å². The zero-order valence-corrected chi connectivity index (χ0v) is 13.5. The minimum absolute atomic E-state index is 0.127. The number of benzene rings is 1. The van der Waals surface area contributed by atoms with Crippen LogP contribution in [0.15, 0.2) is 53.8 Å². The molecule has 7 heteroatoms. The Labute approximate surface area is 140 Å². The topological polar surface area (TPSA) is 87.5 Å². The van der Waals surface area contributed by atoms with E-state index in [9.17, 15) is 9.59 Å². The van der Waals surface area contributed by atoms with Crippen molar-refractivity contribution in [1.29, 1.82) is 0 Å². The second-order valence-corrected chi connectivity index (χ2v) is 5.09. The van der Waals surface area contributed by atoms with Gasteiger partial charge in [-0.1, -0.05) is 30.3 Å². The van der Waals surface area contributed by atoms with Crippen molar-refractivity contribution < 1.29 is 14.1 Å². The lowest BCUT2D eigenvalue weighted by Crippen LogP contribution is -2.40. The molecule has 126 valence electrons. The second kappa shape index (κ2) is 8.52. The Bertz CT molecular complexity index is 698. The highest BCUT2D eigenvalue weighted by molar-refractivity contribution is 5.96. The summed E-state index contributed by atoms with van der Waals surface area (Å²) in [4.78, 5) is 25.7. The number of aromatic nitrogens is 1. The van der Waals surface area contributed by atoms with E-state index in [0.717, 1.165) is 12.0 Å². The SMILES string of the molecule is C=CCN(CC(=O)Nc1ccon1)C(=O)Nc1cccc(CC)c1. The van der Waals surface area contributed by atoms with Gasteiger partial charge in [-0.15, -0.1) is 6.58 Å². The lowest BCUT2D eigenvalue weighted by Gasteiger charge is -2.21. The molecule has 0 radical (unpaired) electrons. The molecule has 1 heterocycles. The monoisotopic (exact) mass is 328 g/mol. The van der Waals surface area contributed by atoms with E-state index in [1.165, 1.54) is 17.2 Å². The van der Waals surface area contributed by atoms with E-state index >= 15 is 0 Å². The number of aryl methyl sites for hydroxylation is 1. The molecule has 1 aromatic heterocycles. The van der Waals surface area contributed by atoms with Gasteiger partial charge < -0.3 is 20.1 Å². The molecule has 3 amide bonds. The molecule has 0 aliphatic rings. The summed E-state index contributed by atoms with van der Waals surface area (Å²) in [5.74, 6) is -0.0715. The standard InChI is InChI=1S/C17H20N4O3/c1-3-9-21(12-16(22)19-15-8-10-24-20-15)17(23)18-14-7-5-6-13(4-2)11-14/h3,5-8,10-11H,1,4,9,12H2,2H3,(H,18,23)(H,19,20,22). The van der Waals surface area contributed by atoms with Gasteiger partial charge in [0.15, 0.2) is 5.82 Å². The van der Waals surface area contributed by atoms with Crippen molar-refractivity contribution in [2.24, 2.45) is 0 Å². The van der Waals surface area contributed by atoms with Gasteiger partial charge >= 0.3 is 6.03 Å². The lowest BCUT2D eigenvalue weighted by atomic mass is 10.1. The first-order valence-electron chi connectivity index (χ1n) is 7.58. The molecule has 2 aromatic rings. The summed E-state index contributed by atoms with van der Waals surface area (Å²) < 4.78 is 4.64. The number of hydrogen-bond acceptors (Lipinski definition) is 4. The Morgan fingerprint density at radius 3 is 2.83 bits per heavy atom. The van der Waals surface area contributed by atoms with Gasteiger partial charge in [0.05, 0.1) is 0 Å². The number of nitrogens with zero attached hydrogens (tertiary/aromatic N) is 2. The Hall–Kier alpha value is -3.09. The number of hydrogen-bond donors (Lipinski definition) is 2. The molecular formula is C17H20N4O3. The fourth-order valence-electron chi connectivity index (χ4n) is 2.08. The molecule has 0 unspecified atom stereocenters. The zero-order chi connectivity index (χ0) is 17.4. The van der Waals surface area contributed by atoms with E-state index in [4.69, 9.17) is 0 Å². The van der Waals surface area contributed by atoms with Crippen LogP contribution in [0.5, 0.6) is 0 Å². The van der Waals surface area contributed by atoms with Crippen LogP contribution in [0.2, 0.25) is 0 Å². The zero-order valence-electron chi connectivity index (χ0n) is 13.5. The van der Waals surface area contributed by atoms with Gasteiger partial charge in [0.1, 0.15) is 12.8 Å². The maximum Gasteiger partial charge on any atom is 0.322 e. The van der Waals surface area contributed by atoms with Crippen LogP contribution < -0.4 is 10.6 Å². The van der Waals surface area contributed by atoms with E-state index in [0.29, 0.717) is 11.5 Å². The third-order valence-corrected chi connectivity index (χ3v) is 3.26. The highest BCUT2D eigenvalue weighted by Crippen LogP contribution is 2.12. The molecule has 0 fully saturated rings. The van der Waals surface area contributed by atoms with Crippen molar-refractivity contribution in [3.63, 3.8) is 0 Å². The first kappa shape index (κ1) is 17.3. The minimum atomic E-state index is -0.376. The van der Waals surface area contributed by atoms with Crippen LogP contribution in [-0.2, 0) is 11.2 Å². The number of amides is 3. The maximum absolute atomic E-state index is 12.4. The first-order valence-corrected chi connectivity index (χ1v) is 7.58. The van der Waals surface area contributed by atoms with Crippen molar-refractivity contribution in [3.8, 4) is 0 Å². The number of nitrogens with one attached hydrogen (secondary N) is 2. The van der Waals surface area contributed by atoms with Crippen molar-refractivity contribution in [2.75, 3.05) is 23.7 Å². The molecule has 24 heavy (non-hydrogen) atoms. The summed E-state index contributed by atoms with van der Waals surface area (Å²) in [5, 5.41) is 8.93. The highest BCUT2D eigenvalue weighted by Gasteiger charge is 2.17. The summed E-state index contributed by atoms with van der Waals surface area (Å²) in [6.45, 7) is 5.78. The van der Waals surface area contributed by atoms with Crippen LogP contribution in [0.1, 0.15) is 12.5 Å². The highest BCUT2D eigenvalue weighted by atomic mass is 16.5. The number of rotatable bonds is 7. The van der Waals surface area contributed by atoms with E-state index in [1.807, 2.05) is 25.1 Å². The Balaban J connectivity index is 1.98. The van der Waals surface area contributed by atoms with Crippen molar-refractivity contribution >= 4 is 23.4 Å². The molecule has 1 aromatic carbocycles. The number of carbonyl (C=O) groups excluding carboxylic acids is 2. The summed E-state index contributed by atoms with van der Waals surface area (Å²) in [6.07, 6.45) is 3.79. The first-order chi connectivity index (χ1) is 11.6. The van der Waals surface area contributed by atoms with Crippen molar-refractivity contribution in [2.45, 2.75) is 13.3 Å². The number of urea groups is 1. The maximum atomic E-state index is 12.4. The van der Waals surface area contributed by atoms with Crippen LogP contribution in [0.25, 0.3) is 0 Å². The Morgan fingerprint density at radius 2 is 2.17 bits per heavy atom. The predicted octanol–water partition coefficient (Wildman–Crippen LogP) is 2.90. The normalized spacial score (nSPS) is 10.0. The molecule has 0 aliphatic heterocycles. The van der Waals surface area contributed by atoms with Crippen LogP contribution >= 0.6 is 0 Å². The van der Waals surface area contributed by atoms with E-state index in [-0.39, 0.29) is 25.0 Å². The molecule has 0 spiro atoms. The largest absolute Gasteiger partial charge is 0.363 e. The molecule has 2 N–H and O–H groups in total. The fraction of sp³-hybridized carbons (Fsp3) is 0.235. The molecule has 0 saturated heterocycles. The number of carbonyl (C=O) groups is 2. The summed E-state index contributed by atoms with van der Waals surface area (Å²) in [6, 6.07) is 8.72. The predicted molar refractivity (Wildman–Crippen MR) is 91.7 cm³/mol. The summed E-state index contributed by atoms with van der Waals surface area (Å²) >= 11 is 0. The molecule has 0 aliphatic carbocycles. The molecule has 0 saturated carbocycles. The smallest absolute Gasteiger partial charge is 0.322 e. The Morgan fingerprint density at radius 1 is 1.33 bits per heavy atom. The van der Waals surface area contributed by atoms with E-state index in [2.05, 4.69) is 26.9 Å². The molecule has 0 atom stereocenters. The van der Waals surface area contributed by atoms with Gasteiger partial charge in [-0.25, -0.2) is 4.79 Å². The van der Waals surface area contributed by atoms with Gasteiger partial charge in [-0.2, -0.15) is 0 Å². The van der Waals surface area contributed by atoms with Crippen molar-refractivity contribution in [1.82, 2.24) is 10.1 Å². The second-order valence-electron chi connectivity index (χ2n) is 5.09. The molecule has 7 nitrogen and oxygen atoms in total. The van der Waals surface area contributed by atoms with Gasteiger partial charge in [0, 0.05) is 18.3 Å². The number of anilines is 2. The molecule has 0 bridgehead atoms. The minimum Gasteiger partial charge on any atom is -0.363 e. The van der Waals surface area contributed by atoms with Gasteiger partial charge in [-0.3, -0.25) is 4.79 Å². The fourth-order valence-corrected chi connectivity index (χ4v) is 2.08. The van der Waals surface area contributed by atoms with Crippen LogP contribution in [0.4, 0.5) is 16.3 Å². The van der Waals surface area contributed by atoms with Gasteiger partial charge in [-0.05, 0) is 24.1 Å². The Kier molecular flexibility index (Phi) is 6.13. The third-order valence-electron chi connectivity index (χ3n) is 3.26. The summed E-state index contributed by atoms with van der Waals surface area (Å²) in [5.41, 5.74) is 1.80. The average molecular weight is 328 g/mol. The lowest BCUT2D eigenvalue weighted by molar-refractivity contribution is -0.116. The van der Waals surface area contributed by atoms with Crippen LogP contribution in [0.3, 0.4) is 0 Å². The van der Waals surface area contributed by atoms with E-state index < -0.39 is 0 Å². The van der Waals surface area contributed by atoms with E-state index in [1.54, 1.807) is 12.1 Å². The molecule has 2 rings (SSSR count). The quantitative estimate of drug-likeness (QED) is 0.765. The third kappa shape index (κ3) is 4.98. The van der Waals surface area contributed by atoms with Crippen molar-refractivity contribution in [3.05, 3.63) is 54.8 Å². The average Bonchev–Trinajstić information content (AvgIpc) is 3.07. The molecular weight excluding hydrogens is 308 g/mol. The van der Waals surface area contributed by atoms with Crippen LogP contribution in [0, 0.1) is 0 Å². The van der Waals surface area contributed by atoms with Crippen LogP contribution in [-0.4, -0.2) is 35.1 Å². The summed E-state index contributed by atoms with van der Waals surface area (Å²) in [7, 11) is 0.